The molecule has 0 aliphatic heterocycles. The maximum absolute atomic E-state index is 6.14. The Labute approximate surface area is 140 Å². The third kappa shape index (κ3) is 3.66. The Morgan fingerprint density at radius 1 is 1.09 bits per heavy atom. The molecule has 0 amide bonds. The number of imidazole rings is 1. The van der Waals surface area contributed by atoms with Crippen LogP contribution in [0.15, 0.2) is 48.5 Å². The summed E-state index contributed by atoms with van der Waals surface area (Å²) in [5.41, 5.74) is 2.05. The van der Waals surface area contributed by atoms with E-state index < -0.39 is 0 Å². The number of benzene rings is 2. The first kappa shape index (κ1) is 15.8. The summed E-state index contributed by atoms with van der Waals surface area (Å²) in [6.45, 7) is 4.46. The fraction of sp³-hybridized carbons (Fsp3) is 0.278. The molecule has 3 rings (SSSR count). The maximum Gasteiger partial charge on any atom is 0.148 e. The van der Waals surface area contributed by atoms with E-state index in [9.17, 15) is 0 Å². The van der Waals surface area contributed by atoms with Gasteiger partial charge in [0.15, 0.2) is 0 Å². The summed E-state index contributed by atoms with van der Waals surface area (Å²) in [5, 5.41) is 0.601. The molecule has 0 bridgehead atoms. The molecule has 3 aromatic rings. The molecule has 0 fully saturated rings. The van der Waals surface area contributed by atoms with E-state index >= 15 is 0 Å². The lowest BCUT2D eigenvalue weighted by Gasteiger charge is -2.11. The molecule has 1 heterocycles. The van der Waals surface area contributed by atoms with Gasteiger partial charge in [0.2, 0.25) is 0 Å². The lowest BCUT2D eigenvalue weighted by atomic mass is 10.3. The first-order chi connectivity index (χ1) is 11.3. The van der Waals surface area contributed by atoms with Gasteiger partial charge >= 0.3 is 0 Å². The van der Waals surface area contributed by atoms with Gasteiger partial charge in [-0.05, 0) is 31.2 Å². The first-order valence-corrected chi connectivity index (χ1v) is 8.06. The smallest absolute Gasteiger partial charge is 0.148 e. The summed E-state index contributed by atoms with van der Waals surface area (Å²) in [7, 11) is 0. The number of fused-ring (bicyclic) bond motifs is 1. The normalized spacial score (nSPS) is 11.0. The van der Waals surface area contributed by atoms with Crippen LogP contribution < -0.4 is 4.74 Å². The van der Waals surface area contributed by atoms with Gasteiger partial charge in [0.25, 0.3) is 0 Å². The molecule has 23 heavy (non-hydrogen) atoms. The average molecular weight is 331 g/mol. The van der Waals surface area contributed by atoms with Crippen LogP contribution in [-0.4, -0.2) is 22.8 Å². The number of halogens is 1. The Morgan fingerprint density at radius 2 is 1.87 bits per heavy atom. The second-order valence-electron chi connectivity index (χ2n) is 5.08. The molecular formula is C18H19ClN2O2. The van der Waals surface area contributed by atoms with Crippen molar-refractivity contribution in [1.29, 1.82) is 0 Å². The molecule has 120 valence electrons. The Bertz CT molecular complexity index is 786. The summed E-state index contributed by atoms with van der Waals surface area (Å²) < 4.78 is 13.5. The van der Waals surface area contributed by atoms with Crippen molar-refractivity contribution in [2.45, 2.75) is 20.1 Å². The molecule has 5 heteroatoms. The van der Waals surface area contributed by atoms with Crippen LogP contribution in [0.25, 0.3) is 11.0 Å². The number of rotatable bonds is 7. The molecule has 0 unspecified atom stereocenters. The summed E-state index contributed by atoms with van der Waals surface area (Å²) >= 11 is 6.14. The molecule has 4 nitrogen and oxygen atoms in total. The van der Waals surface area contributed by atoms with E-state index in [1.807, 2.05) is 49.4 Å². The quantitative estimate of drug-likeness (QED) is 0.606. The van der Waals surface area contributed by atoms with E-state index in [1.54, 1.807) is 0 Å². The number of hydrogen-bond donors (Lipinski definition) is 0. The highest BCUT2D eigenvalue weighted by molar-refractivity contribution is 6.32. The van der Waals surface area contributed by atoms with Gasteiger partial charge in [-0.25, -0.2) is 4.98 Å². The second-order valence-corrected chi connectivity index (χ2v) is 5.49. The van der Waals surface area contributed by atoms with E-state index in [0.29, 0.717) is 30.6 Å². The third-order valence-electron chi connectivity index (χ3n) is 3.59. The van der Waals surface area contributed by atoms with Crippen molar-refractivity contribution in [3.8, 4) is 5.75 Å². The maximum atomic E-state index is 6.14. The standard InChI is InChI=1S/C18H19ClN2O2/c1-2-22-12-11-21-16-9-5-4-8-15(16)20-18(21)13-23-17-10-6-3-7-14(17)19/h3-10H,2,11-13H2,1H3. The third-order valence-corrected chi connectivity index (χ3v) is 3.90. The Kier molecular flexibility index (Phi) is 5.16. The summed E-state index contributed by atoms with van der Waals surface area (Å²) in [6.07, 6.45) is 0. The molecule has 0 N–H and O–H groups in total. The van der Waals surface area contributed by atoms with Crippen LogP contribution in [0.1, 0.15) is 12.7 Å². The molecule has 1 aromatic heterocycles. The highest BCUT2D eigenvalue weighted by Gasteiger charge is 2.11. The Hall–Kier alpha value is -2.04. The van der Waals surface area contributed by atoms with Crippen LogP contribution in [0.3, 0.4) is 0 Å². The van der Waals surface area contributed by atoms with Gasteiger partial charge in [-0.15, -0.1) is 0 Å². The molecule has 0 spiro atoms. The number of hydrogen-bond acceptors (Lipinski definition) is 3. The van der Waals surface area contributed by atoms with E-state index in [1.165, 1.54) is 0 Å². The fourth-order valence-electron chi connectivity index (χ4n) is 2.49. The van der Waals surface area contributed by atoms with Crippen LogP contribution in [0, 0.1) is 0 Å². The van der Waals surface area contributed by atoms with Crippen molar-refractivity contribution in [3.05, 3.63) is 59.4 Å². The van der Waals surface area contributed by atoms with Crippen LogP contribution in [0.5, 0.6) is 5.75 Å². The minimum absolute atomic E-state index is 0.366. The van der Waals surface area contributed by atoms with Crippen LogP contribution in [0.2, 0.25) is 5.02 Å². The fourth-order valence-corrected chi connectivity index (χ4v) is 2.68. The average Bonchev–Trinajstić information content (AvgIpc) is 2.92. The van der Waals surface area contributed by atoms with Crippen molar-refractivity contribution in [2.24, 2.45) is 0 Å². The zero-order valence-corrected chi connectivity index (χ0v) is 13.8. The van der Waals surface area contributed by atoms with E-state index in [0.717, 1.165) is 23.4 Å². The lowest BCUT2D eigenvalue weighted by Crippen LogP contribution is -2.11. The van der Waals surface area contributed by atoms with Gasteiger partial charge < -0.3 is 14.0 Å². The van der Waals surface area contributed by atoms with Gasteiger partial charge in [0.1, 0.15) is 18.2 Å². The van der Waals surface area contributed by atoms with E-state index in [-0.39, 0.29) is 0 Å². The molecule has 0 radical (unpaired) electrons. The molecule has 0 saturated carbocycles. The monoisotopic (exact) mass is 330 g/mol. The molecular weight excluding hydrogens is 312 g/mol. The SMILES string of the molecule is CCOCCn1c(COc2ccccc2Cl)nc2ccccc21. The zero-order chi connectivity index (χ0) is 16.1. The van der Waals surface area contributed by atoms with Gasteiger partial charge in [-0.3, -0.25) is 0 Å². The predicted molar refractivity (Wildman–Crippen MR) is 92.0 cm³/mol. The zero-order valence-electron chi connectivity index (χ0n) is 13.0. The van der Waals surface area contributed by atoms with Gasteiger partial charge in [0, 0.05) is 13.2 Å². The molecule has 2 aromatic carbocycles. The van der Waals surface area contributed by atoms with Crippen LogP contribution >= 0.6 is 11.6 Å². The topological polar surface area (TPSA) is 36.3 Å². The Balaban J connectivity index is 1.84. The molecule has 0 aliphatic carbocycles. The summed E-state index contributed by atoms with van der Waals surface area (Å²) in [6, 6.07) is 15.5. The summed E-state index contributed by atoms with van der Waals surface area (Å²) in [4.78, 5) is 4.68. The number of para-hydroxylation sites is 3. The molecule has 0 aliphatic rings. The van der Waals surface area contributed by atoms with E-state index in [4.69, 9.17) is 21.1 Å². The summed E-state index contributed by atoms with van der Waals surface area (Å²) in [5.74, 6) is 1.53. The van der Waals surface area contributed by atoms with Gasteiger partial charge in [-0.2, -0.15) is 0 Å². The van der Waals surface area contributed by atoms with Crippen molar-refractivity contribution >= 4 is 22.6 Å². The van der Waals surface area contributed by atoms with Crippen molar-refractivity contribution < 1.29 is 9.47 Å². The minimum Gasteiger partial charge on any atom is -0.484 e. The lowest BCUT2D eigenvalue weighted by molar-refractivity contribution is 0.138. The van der Waals surface area contributed by atoms with Gasteiger partial charge in [-0.1, -0.05) is 35.9 Å². The number of ether oxygens (including phenoxy) is 2. The minimum atomic E-state index is 0.366. The second kappa shape index (κ2) is 7.49. The van der Waals surface area contributed by atoms with Crippen molar-refractivity contribution in [1.82, 2.24) is 9.55 Å². The number of aromatic nitrogens is 2. The van der Waals surface area contributed by atoms with Crippen molar-refractivity contribution in [3.63, 3.8) is 0 Å². The van der Waals surface area contributed by atoms with Crippen LogP contribution in [0.4, 0.5) is 0 Å². The predicted octanol–water partition coefficient (Wildman–Crippen LogP) is 4.31. The first-order valence-electron chi connectivity index (χ1n) is 7.69. The van der Waals surface area contributed by atoms with Crippen molar-refractivity contribution in [2.75, 3.05) is 13.2 Å². The molecule has 0 saturated heterocycles. The van der Waals surface area contributed by atoms with E-state index in [2.05, 4.69) is 15.6 Å². The Morgan fingerprint density at radius 3 is 2.70 bits per heavy atom. The highest BCUT2D eigenvalue weighted by Crippen LogP contribution is 2.25. The van der Waals surface area contributed by atoms with Crippen LogP contribution in [-0.2, 0) is 17.9 Å². The largest absolute Gasteiger partial charge is 0.484 e. The van der Waals surface area contributed by atoms with Gasteiger partial charge in [0.05, 0.1) is 22.7 Å². The highest BCUT2D eigenvalue weighted by atomic mass is 35.5. The molecule has 0 atom stereocenters. The number of nitrogens with zero attached hydrogens (tertiary/aromatic N) is 2.